The first-order chi connectivity index (χ1) is 5.25. The van der Waals surface area contributed by atoms with E-state index in [0.717, 1.165) is 24.5 Å². The van der Waals surface area contributed by atoms with Crippen LogP contribution in [-0.4, -0.2) is 18.5 Å². The van der Waals surface area contributed by atoms with Gasteiger partial charge in [0.05, 0.1) is 0 Å². The number of hydrogen-bond donors (Lipinski definition) is 0. The van der Waals surface area contributed by atoms with Crippen LogP contribution < -0.4 is 0 Å². The molecule has 2 atom stereocenters. The Hall–Kier alpha value is 0.440. The van der Waals surface area contributed by atoms with E-state index in [1.165, 1.54) is 12.8 Å². The van der Waals surface area contributed by atoms with Crippen LogP contribution in [0.3, 0.4) is 0 Å². The topological polar surface area (TPSA) is 9.23 Å². The summed E-state index contributed by atoms with van der Waals surface area (Å²) in [6, 6.07) is 0. The molecule has 11 heavy (non-hydrogen) atoms. The predicted molar refractivity (Wildman–Crippen MR) is 51.1 cm³/mol. The monoisotopic (exact) mass is 220 g/mol. The Labute approximate surface area is 77.6 Å². The van der Waals surface area contributed by atoms with E-state index in [-0.39, 0.29) is 0 Å². The second kappa shape index (κ2) is 3.90. The number of alkyl halides is 1. The molecule has 0 saturated heterocycles. The van der Waals surface area contributed by atoms with Crippen molar-refractivity contribution in [2.45, 2.75) is 26.7 Å². The van der Waals surface area contributed by atoms with Gasteiger partial charge in [-0.15, -0.1) is 0 Å². The molecule has 0 heterocycles. The van der Waals surface area contributed by atoms with Gasteiger partial charge in [0.15, 0.2) is 0 Å². The lowest BCUT2D eigenvalue weighted by Gasteiger charge is -2.11. The lowest BCUT2D eigenvalue weighted by atomic mass is 10.0. The molecule has 66 valence electrons. The highest BCUT2D eigenvalue weighted by Gasteiger charge is 2.49. The van der Waals surface area contributed by atoms with Crippen molar-refractivity contribution in [1.29, 1.82) is 0 Å². The average molecular weight is 221 g/mol. The molecule has 0 aromatic heterocycles. The molecular formula is C9H17BrO. The van der Waals surface area contributed by atoms with Crippen molar-refractivity contribution < 1.29 is 4.74 Å². The first kappa shape index (κ1) is 9.53. The van der Waals surface area contributed by atoms with Crippen molar-refractivity contribution in [3.8, 4) is 0 Å². The number of ether oxygens (including phenoxy) is 1. The first-order valence-electron chi connectivity index (χ1n) is 4.39. The number of rotatable bonds is 5. The standard InChI is InChI=1S/C9H17BrO/c1-3-11-5-4-9(7-10)6-8(9)2/h8H,3-7H2,1-2H3. The lowest BCUT2D eigenvalue weighted by molar-refractivity contribution is 0.129. The van der Waals surface area contributed by atoms with Crippen molar-refractivity contribution >= 4 is 15.9 Å². The maximum Gasteiger partial charge on any atom is 0.0471 e. The van der Waals surface area contributed by atoms with Crippen LogP contribution in [0.15, 0.2) is 0 Å². The minimum absolute atomic E-state index is 0.592. The zero-order valence-corrected chi connectivity index (χ0v) is 8.99. The summed E-state index contributed by atoms with van der Waals surface area (Å²) in [5.41, 5.74) is 0.592. The molecule has 1 rings (SSSR count). The molecule has 0 aliphatic heterocycles. The zero-order chi connectivity index (χ0) is 8.32. The van der Waals surface area contributed by atoms with Gasteiger partial charge in [-0.3, -0.25) is 0 Å². The van der Waals surface area contributed by atoms with Crippen molar-refractivity contribution in [2.75, 3.05) is 18.5 Å². The fourth-order valence-electron chi connectivity index (χ4n) is 1.57. The van der Waals surface area contributed by atoms with E-state index in [4.69, 9.17) is 4.74 Å². The molecule has 1 aliphatic rings. The Morgan fingerprint density at radius 2 is 2.27 bits per heavy atom. The zero-order valence-electron chi connectivity index (χ0n) is 7.40. The van der Waals surface area contributed by atoms with Gasteiger partial charge in [-0.25, -0.2) is 0 Å². The van der Waals surface area contributed by atoms with Crippen LogP contribution in [0.1, 0.15) is 26.7 Å². The third-order valence-electron chi connectivity index (χ3n) is 2.81. The molecule has 0 radical (unpaired) electrons. The van der Waals surface area contributed by atoms with Gasteiger partial charge < -0.3 is 4.74 Å². The minimum Gasteiger partial charge on any atom is -0.382 e. The maximum atomic E-state index is 5.34. The smallest absolute Gasteiger partial charge is 0.0471 e. The van der Waals surface area contributed by atoms with Crippen LogP contribution in [0.2, 0.25) is 0 Å². The highest BCUT2D eigenvalue weighted by Crippen LogP contribution is 2.55. The normalized spacial score (nSPS) is 35.7. The third kappa shape index (κ3) is 2.19. The Morgan fingerprint density at radius 3 is 2.64 bits per heavy atom. The van der Waals surface area contributed by atoms with Gasteiger partial charge in [-0.05, 0) is 31.1 Å². The predicted octanol–water partition coefficient (Wildman–Crippen LogP) is 2.83. The highest BCUT2D eigenvalue weighted by molar-refractivity contribution is 9.09. The van der Waals surface area contributed by atoms with Gasteiger partial charge in [-0.1, -0.05) is 22.9 Å². The van der Waals surface area contributed by atoms with Crippen LogP contribution in [0, 0.1) is 11.3 Å². The van der Waals surface area contributed by atoms with E-state index < -0.39 is 0 Å². The van der Waals surface area contributed by atoms with Crippen molar-refractivity contribution in [3.63, 3.8) is 0 Å². The third-order valence-corrected chi connectivity index (χ3v) is 3.93. The maximum absolute atomic E-state index is 5.34. The van der Waals surface area contributed by atoms with E-state index >= 15 is 0 Å². The molecular weight excluding hydrogens is 204 g/mol. The molecule has 2 unspecified atom stereocenters. The van der Waals surface area contributed by atoms with Gasteiger partial charge in [0.25, 0.3) is 0 Å². The largest absolute Gasteiger partial charge is 0.382 e. The van der Waals surface area contributed by atoms with Crippen LogP contribution in [0.5, 0.6) is 0 Å². The van der Waals surface area contributed by atoms with Crippen LogP contribution >= 0.6 is 15.9 Å². The molecule has 0 bridgehead atoms. The molecule has 0 aromatic rings. The minimum atomic E-state index is 0.592. The summed E-state index contributed by atoms with van der Waals surface area (Å²) in [6.45, 7) is 6.17. The van der Waals surface area contributed by atoms with Crippen molar-refractivity contribution in [2.24, 2.45) is 11.3 Å². The van der Waals surface area contributed by atoms with Gasteiger partial charge in [0.1, 0.15) is 0 Å². The molecule has 1 saturated carbocycles. The summed E-state index contributed by atoms with van der Waals surface area (Å²) in [5.74, 6) is 0.905. The molecule has 0 spiro atoms. The van der Waals surface area contributed by atoms with E-state index in [1.807, 2.05) is 0 Å². The summed E-state index contributed by atoms with van der Waals surface area (Å²) >= 11 is 3.57. The summed E-state index contributed by atoms with van der Waals surface area (Å²) in [7, 11) is 0. The summed E-state index contributed by atoms with van der Waals surface area (Å²) < 4.78 is 5.34. The van der Waals surface area contributed by atoms with Crippen molar-refractivity contribution in [3.05, 3.63) is 0 Å². The highest BCUT2D eigenvalue weighted by atomic mass is 79.9. The molecule has 2 heteroatoms. The summed E-state index contributed by atoms with van der Waals surface area (Å²) in [4.78, 5) is 0. The van der Waals surface area contributed by atoms with Crippen LogP contribution in [0.4, 0.5) is 0 Å². The lowest BCUT2D eigenvalue weighted by Crippen LogP contribution is -2.09. The fraction of sp³-hybridized carbons (Fsp3) is 1.00. The molecule has 1 aliphatic carbocycles. The Morgan fingerprint density at radius 1 is 1.64 bits per heavy atom. The molecule has 1 fully saturated rings. The Kier molecular flexibility index (Phi) is 3.38. The van der Waals surface area contributed by atoms with E-state index in [0.29, 0.717) is 5.41 Å². The van der Waals surface area contributed by atoms with Gasteiger partial charge in [0.2, 0.25) is 0 Å². The molecule has 0 amide bonds. The number of halogens is 1. The first-order valence-corrected chi connectivity index (χ1v) is 5.51. The fourth-order valence-corrected chi connectivity index (χ4v) is 2.63. The van der Waals surface area contributed by atoms with Crippen LogP contribution in [-0.2, 0) is 4.74 Å². The quantitative estimate of drug-likeness (QED) is 0.512. The molecule has 0 aromatic carbocycles. The van der Waals surface area contributed by atoms with Crippen LogP contribution in [0.25, 0.3) is 0 Å². The summed E-state index contributed by atoms with van der Waals surface area (Å²) in [5, 5.41) is 1.15. The molecule has 1 nitrogen and oxygen atoms in total. The second-order valence-corrected chi connectivity index (χ2v) is 4.11. The number of hydrogen-bond acceptors (Lipinski definition) is 1. The van der Waals surface area contributed by atoms with Gasteiger partial charge in [-0.2, -0.15) is 0 Å². The van der Waals surface area contributed by atoms with E-state index in [9.17, 15) is 0 Å². The Bertz CT molecular complexity index is 123. The van der Waals surface area contributed by atoms with E-state index in [1.54, 1.807) is 0 Å². The Balaban J connectivity index is 2.14. The van der Waals surface area contributed by atoms with Gasteiger partial charge in [0, 0.05) is 18.5 Å². The second-order valence-electron chi connectivity index (χ2n) is 3.55. The van der Waals surface area contributed by atoms with E-state index in [2.05, 4.69) is 29.8 Å². The SMILES string of the molecule is CCOCCC1(CBr)CC1C. The van der Waals surface area contributed by atoms with Gasteiger partial charge >= 0.3 is 0 Å². The van der Waals surface area contributed by atoms with Crippen molar-refractivity contribution in [1.82, 2.24) is 0 Å². The average Bonchev–Trinajstić information content (AvgIpc) is 2.64. The summed E-state index contributed by atoms with van der Waals surface area (Å²) in [6.07, 6.45) is 2.61. The molecule has 0 N–H and O–H groups in total.